The summed E-state index contributed by atoms with van der Waals surface area (Å²) in [6, 6.07) is 7.65. The normalized spacial score (nSPS) is 10.2. The topological polar surface area (TPSA) is 37.8 Å². The Balaban J connectivity index is 2.10. The van der Waals surface area contributed by atoms with Crippen LogP contribution in [0.15, 0.2) is 41.7 Å². The summed E-state index contributed by atoms with van der Waals surface area (Å²) in [6.45, 7) is 0. The highest BCUT2D eigenvalue weighted by molar-refractivity contribution is 7.98. The number of thioether (sulfide) groups is 1. The van der Waals surface area contributed by atoms with Gasteiger partial charge in [-0.05, 0) is 18.2 Å². The van der Waals surface area contributed by atoms with Gasteiger partial charge in [0.05, 0.1) is 5.02 Å². The molecule has 2 rings (SSSR count). The van der Waals surface area contributed by atoms with Crippen molar-refractivity contribution >= 4 is 29.2 Å². The molecule has 0 atom stereocenters. The molecule has 0 amide bonds. The molecule has 0 aliphatic heterocycles. The second kappa shape index (κ2) is 5.89. The number of aromatic nitrogens is 2. The van der Waals surface area contributed by atoms with Gasteiger partial charge in [0.15, 0.2) is 0 Å². The second-order valence-electron chi connectivity index (χ2n) is 3.34. The van der Waals surface area contributed by atoms with Crippen molar-refractivity contribution in [2.75, 3.05) is 12.4 Å². The predicted octanol–water partition coefficient (Wildman–Crippen LogP) is 3.46. The third-order valence-corrected chi connectivity index (χ3v) is 3.69. The molecule has 0 radical (unpaired) electrons. The van der Waals surface area contributed by atoms with Crippen LogP contribution in [-0.2, 0) is 5.75 Å². The van der Waals surface area contributed by atoms with Crippen LogP contribution in [0.25, 0.3) is 0 Å². The molecule has 0 saturated heterocycles. The summed E-state index contributed by atoms with van der Waals surface area (Å²) in [6.07, 6.45) is 3.52. The number of hydrogen-bond acceptors (Lipinski definition) is 4. The van der Waals surface area contributed by atoms with Crippen molar-refractivity contribution in [3.63, 3.8) is 0 Å². The van der Waals surface area contributed by atoms with Crippen molar-refractivity contribution in [2.45, 2.75) is 10.8 Å². The third-order valence-electron chi connectivity index (χ3n) is 2.22. The van der Waals surface area contributed by atoms with Gasteiger partial charge < -0.3 is 5.32 Å². The molecule has 0 aliphatic rings. The lowest BCUT2D eigenvalue weighted by Gasteiger charge is -2.07. The molecule has 1 N–H and O–H groups in total. The monoisotopic (exact) mass is 265 g/mol. The van der Waals surface area contributed by atoms with E-state index in [-0.39, 0.29) is 0 Å². The van der Waals surface area contributed by atoms with Crippen molar-refractivity contribution in [3.05, 3.63) is 47.2 Å². The smallest absolute Gasteiger partial charge is 0.129 e. The number of pyridine rings is 2. The minimum atomic E-state index is 0.687. The summed E-state index contributed by atoms with van der Waals surface area (Å²) in [5.74, 6) is 1.69. The number of hydrogen-bond donors (Lipinski definition) is 1. The van der Waals surface area contributed by atoms with E-state index in [2.05, 4.69) is 15.3 Å². The highest BCUT2D eigenvalue weighted by atomic mass is 35.5. The Labute approximate surface area is 110 Å². The Kier molecular flexibility index (Phi) is 4.23. The molecular weight excluding hydrogens is 254 g/mol. The number of nitrogens with one attached hydrogen (secondary N) is 1. The van der Waals surface area contributed by atoms with Crippen LogP contribution in [-0.4, -0.2) is 17.0 Å². The molecule has 5 heteroatoms. The molecule has 2 aromatic heterocycles. The van der Waals surface area contributed by atoms with Gasteiger partial charge in [0.25, 0.3) is 0 Å². The van der Waals surface area contributed by atoms with E-state index in [9.17, 15) is 0 Å². The van der Waals surface area contributed by atoms with E-state index < -0.39 is 0 Å². The van der Waals surface area contributed by atoms with Gasteiger partial charge in [0.1, 0.15) is 10.8 Å². The van der Waals surface area contributed by atoms with Gasteiger partial charge in [-0.15, -0.1) is 11.8 Å². The quantitative estimate of drug-likeness (QED) is 0.859. The van der Waals surface area contributed by atoms with E-state index in [1.54, 1.807) is 24.2 Å². The van der Waals surface area contributed by atoms with Crippen LogP contribution in [0.1, 0.15) is 5.56 Å². The standard InChI is InChI=1S/C12H12ClN3S/c1-14-11-9(4-2-6-15-11)8-17-12-10(13)5-3-7-16-12/h2-7H,8H2,1H3,(H,14,15). The van der Waals surface area contributed by atoms with Crippen LogP contribution < -0.4 is 5.32 Å². The molecule has 0 spiro atoms. The van der Waals surface area contributed by atoms with Gasteiger partial charge in [-0.25, -0.2) is 9.97 Å². The summed E-state index contributed by atoms with van der Waals surface area (Å²) < 4.78 is 0. The van der Waals surface area contributed by atoms with E-state index >= 15 is 0 Å². The van der Waals surface area contributed by atoms with Crippen LogP contribution in [0.4, 0.5) is 5.82 Å². The fourth-order valence-corrected chi connectivity index (χ4v) is 2.56. The molecule has 88 valence electrons. The van der Waals surface area contributed by atoms with Crippen LogP contribution in [0.2, 0.25) is 5.02 Å². The zero-order chi connectivity index (χ0) is 12.1. The fraction of sp³-hybridized carbons (Fsp3) is 0.167. The van der Waals surface area contributed by atoms with Crippen molar-refractivity contribution in [2.24, 2.45) is 0 Å². The molecule has 17 heavy (non-hydrogen) atoms. The highest BCUT2D eigenvalue weighted by Gasteiger charge is 2.05. The number of nitrogens with zero attached hydrogens (tertiary/aromatic N) is 2. The Hall–Kier alpha value is -1.26. The zero-order valence-electron chi connectivity index (χ0n) is 9.35. The molecule has 0 aromatic carbocycles. The molecule has 3 nitrogen and oxygen atoms in total. The summed E-state index contributed by atoms with van der Waals surface area (Å²) in [5, 5.41) is 4.60. The molecule has 0 saturated carbocycles. The lowest BCUT2D eigenvalue weighted by atomic mass is 10.3. The Morgan fingerprint density at radius 3 is 2.76 bits per heavy atom. The molecular formula is C12H12ClN3S. The van der Waals surface area contributed by atoms with Crippen LogP contribution in [0.5, 0.6) is 0 Å². The first-order valence-electron chi connectivity index (χ1n) is 5.16. The van der Waals surface area contributed by atoms with Crippen LogP contribution >= 0.6 is 23.4 Å². The minimum absolute atomic E-state index is 0.687. The summed E-state index contributed by atoms with van der Waals surface area (Å²) in [5.41, 5.74) is 1.14. The first kappa shape index (κ1) is 12.2. The predicted molar refractivity (Wildman–Crippen MR) is 72.6 cm³/mol. The molecule has 0 fully saturated rings. The average Bonchev–Trinajstić information content (AvgIpc) is 2.38. The largest absolute Gasteiger partial charge is 0.373 e. The van der Waals surface area contributed by atoms with E-state index in [1.807, 2.05) is 31.3 Å². The maximum absolute atomic E-state index is 6.05. The summed E-state index contributed by atoms with van der Waals surface area (Å²) >= 11 is 7.66. The SMILES string of the molecule is CNc1ncccc1CSc1ncccc1Cl. The molecule has 0 unspecified atom stereocenters. The van der Waals surface area contributed by atoms with Crippen molar-refractivity contribution in [1.29, 1.82) is 0 Å². The average molecular weight is 266 g/mol. The van der Waals surface area contributed by atoms with E-state index in [1.165, 1.54) is 0 Å². The van der Waals surface area contributed by atoms with Crippen LogP contribution in [0.3, 0.4) is 0 Å². The minimum Gasteiger partial charge on any atom is -0.373 e. The fourth-order valence-electron chi connectivity index (χ4n) is 1.40. The van der Waals surface area contributed by atoms with Crippen molar-refractivity contribution < 1.29 is 0 Å². The number of halogens is 1. The van der Waals surface area contributed by atoms with Gasteiger partial charge in [0, 0.05) is 30.8 Å². The maximum atomic E-state index is 6.05. The van der Waals surface area contributed by atoms with E-state index in [4.69, 9.17) is 11.6 Å². The maximum Gasteiger partial charge on any atom is 0.129 e. The Morgan fingerprint density at radius 1 is 1.24 bits per heavy atom. The molecule has 0 aliphatic carbocycles. The Bertz CT molecular complexity index is 505. The zero-order valence-corrected chi connectivity index (χ0v) is 10.9. The number of rotatable bonds is 4. The van der Waals surface area contributed by atoms with Gasteiger partial charge in [-0.1, -0.05) is 17.7 Å². The summed E-state index contributed by atoms with van der Waals surface area (Å²) in [7, 11) is 1.87. The third kappa shape index (κ3) is 3.11. The van der Waals surface area contributed by atoms with Crippen molar-refractivity contribution in [3.8, 4) is 0 Å². The second-order valence-corrected chi connectivity index (χ2v) is 4.71. The van der Waals surface area contributed by atoms with Gasteiger partial charge in [-0.3, -0.25) is 0 Å². The van der Waals surface area contributed by atoms with Crippen molar-refractivity contribution in [1.82, 2.24) is 9.97 Å². The van der Waals surface area contributed by atoms with Gasteiger partial charge >= 0.3 is 0 Å². The molecule has 0 bridgehead atoms. The van der Waals surface area contributed by atoms with E-state index in [0.717, 1.165) is 22.2 Å². The number of anilines is 1. The first-order valence-corrected chi connectivity index (χ1v) is 6.52. The molecule has 2 heterocycles. The van der Waals surface area contributed by atoms with E-state index in [0.29, 0.717) is 5.02 Å². The van der Waals surface area contributed by atoms with Crippen LogP contribution in [0, 0.1) is 0 Å². The lowest BCUT2D eigenvalue weighted by molar-refractivity contribution is 1.13. The van der Waals surface area contributed by atoms with Gasteiger partial charge in [-0.2, -0.15) is 0 Å². The summed E-state index contributed by atoms with van der Waals surface area (Å²) in [4.78, 5) is 8.49. The highest BCUT2D eigenvalue weighted by Crippen LogP contribution is 2.28. The Morgan fingerprint density at radius 2 is 2.00 bits per heavy atom. The first-order chi connectivity index (χ1) is 8.31. The lowest BCUT2D eigenvalue weighted by Crippen LogP contribution is -1.96. The molecule has 2 aromatic rings. The van der Waals surface area contributed by atoms with Gasteiger partial charge in [0.2, 0.25) is 0 Å².